The molecule has 31 heavy (non-hydrogen) atoms. The summed E-state index contributed by atoms with van der Waals surface area (Å²) >= 11 is 0. The molecule has 0 unspecified atom stereocenters. The second-order valence-corrected chi connectivity index (χ2v) is 7.54. The lowest BCUT2D eigenvalue weighted by atomic mass is 10.0. The van der Waals surface area contributed by atoms with Gasteiger partial charge in [0.1, 0.15) is 0 Å². The lowest BCUT2D eigenvalue weighted by Gasteiger charge is -2.42. The summed E-state index contributed by atoms with van der Waals surface area (Å²) in [7, 11) is 5.37. The number of carbonyl (C=O) groups excluding carboxylic acids is 1. The van der Waals surface area contributed by atoms with Gasteiger partial charge in [0, 0.05) is 50.9 Å². The molecule has 0 aliphatic carbocycles. The Kier molecular flexibility index (Phi) is 9.07. The fraction of sp³-hybridized carbons (Fsp3) is 0.571. The first-order chi connectivity index (χ1) is 14.8. The molecule has 1 aromatic carbocycles. The van der Waals surface area contributed by atoms with Gasteiger partial charge in [-0.3, -0.25) is 9.69 Å². The predicted molar refractivity (Wildman–Crippen MR) is 113 cm³/mol. The SMILES string of the molecule is COc1ccc(C(=O)N2CCC(N3CCN(C)CC3)CC2)cc1OC.O=C(O)C(=O)O. The first-order valence-electron chi connectivity index (χ1n) is 10.2. The van der Waals surface area contributed by atoms with Crippen molar-refractivity contribution >= 4 is 17.8 Å². The first kappa shape index (κ1) is 24.4. The molecule has 2 heterocycles. The number of carboxylic acids is 2. The zero-order valence-corrected chi connectivity index (χ0v) is 18.2. The molecule has 2 aliphatic rings. The number of ether oxygens (including phenoxy) is 2. The third-order valence-electron chi connectivity index (χ3n) is 5.62. The molecular weight excluding hydrogens is 406 g/mol. The van der Waals surface area contributed by atoms with Crippen molar-refractivity contribution in [3.63, 3.8) is 0 Å². The fourth-order valence-corrected chi connectivity index (χ4v) is 3.77. The maximum absolute atomic E-state index is 12.8. The zero-order valence-electron chi connectivity index (χ0n) is 18.2. The molecule has 10 heteroatoms. The van der Waals surface area contributed by atoms with Crippen LogP contribution in [0.4, 0.5) is 0 Å². The number of likely N-dealkylation sites (N-methyl/N-ethyl adjacent to an activating group) is 1. The number of carboxylic acid groups (broad SMARTS) is 2. The van der Waals surface area contributed by atoms with Crippen LogP contribution in [0, 0.1) is 0 Å². The van der Waals surface area contributed by atoms with E-state index in [2.05, 4.69) is 16.8 Å². The number of piperazine rings is 1. The number of benzene rings is 1. The highest BCUT2D eigenvalue weighted by Gasteiger charge is 2.29. The van der Waals surface area contributed by atoms with E-state index >= 15 is 0 Å². The van der Waals surface area contributed by atoms with E-state index in [4.69, 9.17) is 29.3 Å². The highest BCUT2D eigenvalue weighted by Crippen LogP contribution is 2.28. The Morgan fingerprint density at radius 3 is 1.90 bits per heavy atom. The molecule has 0 atom stereocenters. The number of amides is 1. The average molecular weight is 437 g/mol. The molecule has 10 nitrogen and oxygen atoms in total. The summed E-state index contributed by atoms with van der Waals surface area (Å²) in [6, 6.07) is 6.00. The van der Waals surface area contributed by atoms with Gasteiger partial charge < -0.3 is 29.5 Å². The standard InChI is InChI=1S/C19H29N3O3.C2H2O4/c1-20-10-12-21(13-11-20)16-6-8-22(9-7-16)19(23)15-4-5-17(24-2)18(14-15)25-3;3-1(4)2(5)6/h4-5,14,16H,6-13H2,1-3H3;(H,3,4)(H,5,6). The van der Waals surface area contributed by atoms with Gasteiger partial charge in [0.05, 0.1) is 14.2 Å². The van der Waals surface area contributed by atoms with Gasteiger partial charge in [-0.15, -0.1) is 0 Å². The van der Waals surface area contributed by atoms with E-state index < -0.39 is 11.9 Å². The van der Waals surface area contributed by atoms with Gasteiger partial charge in [-0.05, 0) is 38.1 Å². The van der Waals surface area contributed by atoms with Crippen molar-refractivity contribution in [3.05, 3.63) is 23.8 Å². The van der Waals surface area contributed by atoms with Gasteiger partial charge in [-0.2, -0.15) is 0 Å². The van der Waals surface area contributed by atoms with Crippen LogP contribution in [0.25, 0.3) is 0 Å². The van der Waals surface area contributed by atoms with Crippen LogP contribution in [-0.2, 0) is 9.59 Å². The van der Waals surface area contributed by atoms with Crippen molar-refractivity contribution in [1.29, 1.82) is 0 Å². The fourth-order valence-electron chi connectivity index (χ4n) is 3.77. The summed E-state index contributed by atoms with van der Waals surface area (Å²) in [6.07, 6.45) is 2.12. The Hall–Kier alpha value is -2.85. The number of aliphatic carboxylic acids is 2. The molecule has 3 rings (SSSR count). The van der Waals surface area contributed by atoms with E-state index in [1.807, 2.05) is 11.0 Å². The maximum Gasteiger partial charge on any atom is 0.414 e. The molecule has 2 aliphatic heterocycles. The minimum Gasteiger partial charge on any atom is -0.493 e. The van der Waals surface area contributed by atoms with Crippen molar-refractivity contribution in [2.24, 2.45) is 0 Å². The van der Waals surface area contributed by atoms with Crippen molar-refractivity contribution in [2.45, 2.75) is 18.9 Å². The van der Waals surface area contributed by atoms with E-state index in [-0.39, 0.29) is 5.91 Å². The minimum absolute atomic E-state index is 0.0813. The van der Waals surface area contributed by atoms with Gasteiger partial charge in [0.2, 0.25) is 0 Å². The van der Waals surface area contributed by atoms with Crippen molar-refractivity contribution in [1.82, 2.24) is 14.7 Å². The van der Waals surface area contributed by atoms with E-state index in [0.29, 0.717) is 23.1 Å². The molecule has 2 fully saturated rings. The normalized spacial score (nSPS) is 18.0. The molecule has 1 amide bonds. The Balaban J connectivity index is 0.000000501. The van der Waals surface area contributed by atoms with Crippen LogP contribution in [-0.4, -0.2) is 109 Å². The number of hydrogen-bond acceptors (Lipinski definition) is 7. The van der Waals surface area contributed by atoms with Gasteiger partial charge in [0.25, 0.3) is 5.91 Å². The van der Waals surface area contributed by atoms with Gasteiger partial charge >= 0.3 is 11.9 Å². The summed E-state index contributed by atoms with van der Waals surface area (Å²) in [4.78, 5) is 37.9. The van der Waals surface area contributed by atoms with Crippen LogP contribution >= 0.6 is 0 Å². The Bertz CT molecular complexity index is 758. The molecule has 172 valence electrons. The number of nitrogens with zero attached hydrogens (tertiary/aromatic N) is 3. The van der Waals surface area contributed by atoms with Crippen molar-refractivity contribution in [3.8, 4) is 11.5 Å². The number of hydrogen-bond donors (Lipinski definition) is 2. The molecule has 0 spiro atoms. The maximum atomic E-state index is 12.8. The van der Waals surface area contributed by atoms with Gasteiger partial charge in [0.15, 0.2) is 11.5 Å². The molecule has 0 saturated carbocycles. The number of rotatable bonds is 4. The Morgan fingerprint density at radius 2 is 1.42 bits per heavy atom. The third-order valence-corrected chi connectivity index (χ3v) is 5.62. The predicted octanol–water partition coefficient (Wildman–Crippen LogP) is 0.711. The molecule has 0 bridgehead atoms. The number of carbonyl (C=O) groups is 3. The third kappa shape index (κ3) is 6.83. The van der Waals surface area contributed by atoms with Crippen LogP contribution < -0.4 is 9.47 Å². The molecule has 0 radical (unpaired) electrons. The lowest BCUT2D eigenvalue weighted by molar-refractivity contribution is -0.159. The smallest absolute Gasteiger partial charge is 0.414 e. The van der Waals surface area contributed by atoms with Crippen LogP contribution in [0.3, 0.4) is 0 Å². The molecule has 2 saturated heterocycles. The summed E-state index contributed by atoms with van der Waals surface area (Å²) in [6.45, 7) is 6.22. The number of likely N-dealkylation sites (tertiary alicyclic amines) is 1. The topological polar surface area (TPSA) is 120 Å². The lowest BCUT2D eigenvalue weighted by Crippen LogP contribution is -2.52. The summed E-state index contributed by atoms with van der Waals surface area (Å²) in [5.41, 5.74) is 0.663. The second kappa shape index (κ2) is 11.5. The van der Waals surface area contributed by atoms with Crippen LogP contribution in [0.2, 0.25) is 0 Å². The summed E-state index contributed by atoms with van der Waals surface area (Å²) in [5, 5.41) is 14.8. The van der Waals surface area contributed by atoms with E-state index in [0.717, 1.165) is 52.1 Å². The summed E-state index contributed by atoms with van der Waals surface area (Å²) in [5.74, 6) is -2.32. The van der Waals surface area contributed by atoms with Crippen molar-refractivity contribution < 1.29 is 34.1 Å². The first-order valence-corrected chi connectivity index (χ1v) is 10.2. The molecule has 2 N–H and O–H groups in total. The average Bonchev–Trinajstić information content (AvgIpc) is 2.79. The second-order valence-electron chi connectivity index (χ2n) is 7.54. The van der Waals surface area contributed by atoms with E-state index in [1.165, 1.54) is 0 Å². The quantitative estimate of drug-likeness (QED) is 0.656. The Morgan fingerprint density at radius 1 is 0.871 bits per heavy atom. The molecular formula is C21H31N3O7. The van der Waals surface area contributed by atoms with Gasteiger partial charge in [-0.25, -0.2) is 9.59 Å². The van der Waals surface area contributed by atoms with Gasteiger partial charge in [-0.1, -0.05) is 0 Å². The van der Waals surface area contributed by atoms with E-state index in [9.17, 15) is 4.79 Å². The number of piperidine rings is 1. The van der Waals surface area contributed by atoms with Crippen molar-refractivity contribution in [2.75, 3.05) is 60.5 Å². The van der Waals surface area contributed by atoms with E-state index in [1.54, 1.807) is 26.4 Å². The minimum atomic E-state index is -1.82. The summed E-state index contributed by atoms with van der Waals surface area (Å²) < 4.78 is 10.6. The highest BCUT2D eigenvalue weighted by atomic mass is 16.5. The highest BCUT2D eigenvalue weighted by molar-refractivity contribution is 6.27. The number of methoxy groups -OCH3 is 2. The monoisotopic (exact) mass is 437 g/mol. The van der Waals surface area contributed by atoms with Crippen LogP contribution in [0.15, 0.2) is 18.2 Å². The molecule has 1 aromatic rings. The Labute approximate surface area is 181 Å². The largest absolute Gasteiger partial charge is 0.493 e. The van der Waals surface area contributed by atoms with Crippen LogP contribution in [0.5, 0.6) is 11.5 Å². The van der Waals surface area contributed by atoms with Crippen LogP contribution in [0.1, 0.15) is 23.2 Å². The zero-order chi connectivity index (χ0) is 23.0. The molecule has 0 aromatic heterocycles.